The third kappa shape index (κ3) is 8.79. The number of carboxylic acid groups (broad SMARTS) is 1. The van der Waals surface area contributed by atoms with Gasteiger partial charge < -0.3 is 30.0 Å². The topological polar surface area (TPSA) is 117 Å². The Hall–Kier alpha value is -3.55. The van der Waals surface area contributed by atoms with Gasteiger partial charge in [-0.3, -0.25) is 0 Å². The molecule has 0 bridgehead atoms. The highest BCUT2D eigenvalue weighted by molar-refractivity contribution is 5.78. The van der Waals surface area contributed by atoms with Gasteiger partial charge in [0, 0.05) is 6.54 Å². The van der Waals surface area contributed by atoms with Crippen LogP contribution < -0.4 is 15.7 Å². The van der Waals surface area contributed by atoms with E-state index in [1.54, 1.807) is 24.3 Å². The minimum Gasteiger partial charge on any atom is -0.548 e. The number of carbonyl (C=O) groups excluding carboxylic acids is 3. The zero-order chi connectivity index (χ0) is 20.9. The van der Waals surface area contributed by atoms with Gasteiger partial charge in [0.1, 0.15) is 13.2 Å². The van der Waals surface area contributed by atoms with Crippen molar-refractivity contribution >= 4 is 18.2 Å². The van der Waals surface area contributed by atoms with Crippen LogP contribution in [0.25, 0.3) is 0 Å². The van der Waals surface area contributed by atoms with Gasteiger partial charge in [0.2, 0.25) is 0 Å². The SMILES string of the molecule is O=C(NCCC[C@H](NC(=O)OCc1ccccc1)C(=O)[O-])OCc1ccccc1. The van der Waals surface area contributed by atoms with Crippen LogP contribution in [0.1, 0.15) is 24.0 Å². The number of benzene rings is 2. The maximum absolute atomic E-state index is 11.8. The van der Waals surface area contributed by atoms with Crippen molar-refractivity contribution in [3.05, 3.63) is 71.8 Å². The minimum absolute atomic E-state index is 0.0290. The number of hydrogen-bond acceptors (Lipinski definition) is 6. The first kappa shape index (κ1) is 21.7. The fourth-order valence-electron chi connectivity index (χ4n) is 2.43. The predicted molar refractivity (Wildman–Crippen MR) is 102 cm³/mol. The number of ether oxygens (including phenoxy) is 2. The zero-order valence-electron chi connectivity index (χ0n) is 15.8. The van der Waals surface area contributed by atoms with Crippen LogP contribution in [-0.4, -0.2) is 30.7 Å². The van der Waals surface area contributed by atoms with Crippen molar-refractivity contribution in [1.82, 2.24) is 10.6 Å². The summed E-state index contributed by atoms with van der Waals surface area (Å²) in [7, 11) is 0. The molecule has 0 aliphatic rings. The molecule has 0 saturated carbocycles. The largest absolute Gasteiger partial charge is 0.548 e. The Morgan fingerprint density at radius 1 is 0.828 bits per heavy atom. The third-order valence-electron chi connectivity index (χ3n) is 3.94. The van der Waals surface area contributed by atoms with E-state index in [4.69, 9.17) is 9.47 Å². The first-order chi connectivity index (χ1) is 14.0. The van der Waals surface area contributed by atoms with E-state index in [1.807, 2.05) is 36.4 Å². The fraction of sp³-hybridized carbons (Fsp3) is 0.286. The predicted octanol–water partition coefficient (Wildman–Crippen LogP) is 1.74. The third-order valence-corrected chi connectivity index (χ3v) is 3.94. The molecule has 2 N–H and O–H groups in total. The summed E-state index contributed by atoms with van der Waals surface area (Å²) in [4.78, 5) is 34.6. The highest BCUT2D eigenvalue weighted by atomic mass is 16.6. The zero-order valence-corrected chi connectivity index (χ0v) is 15.8. The summed E-state index contributed by atoms with van der Waals surface area (Å²) in [5.74, 6) is -1.42. The molecule has 8 nitrogen and oxygen atoms in total. The van der Waals surface area contributed by atoms with Crippen molar-refractivity contribution in [1.29, 1.82) is 0 Å². The Kier molecular flexibility index (Phi) is 9.01. The molecule has 2 aromatic rings. The normalized spacial score (nSPS) is 11.2. The first-order valence-corrected chi connectivity index (χ1v) is 9.17. The summed E-state index contributed by atoms with van der Waals surface area (Å²) in [6.45, 7) is 0.364. The standard InChI is InChI=1S/C21H24N2O6/c24-19(25)18(23-21(27)29-15-17-10-5-2-6-11-17)12-7-13-22-20(26)28-14-16-8-3-1-4-9-16/h1-6,8-11,18H,7,12-15H2,(H,22,26)(H,23,27)(H,24,25)/p-1/t18-/m0/s1. The molecule has 8 heteroatoms. The van der Waals surface area contributed by atoms with Gasteiger partial charge in [0.05, 0.1) is 12.0 Å². The molecule has 154 valence electrons. The molecule has 0 heterocycles. The molecule has 0 spiro atoms. The number of aliphatic carboxylic acids is 1. The highest BCUT2D eigenvalue weighted by Gasteiger charge is 2.14. The van der Waals surface area contributed by atoms with Gasteiger partial charge in [-0.15, -0.1) is 0 Å². The van der Waals surface area contributed by atoms with E-state index in [9.17, 15) is 19.5 Å². The van der Waals surface area contributed by atoms with Crippen molar-refractivity contribution in [3.8, 4) is 0 Å². The Bertz CT molecular complexity index is 782. The van der Waals surface area contributed by atoms with Crippen molar-refractivity contribution in [2.45, 2.75) is 32.1 Å². The lowest BCUT2D eigenvalue weighted by Gasteiger charge is -2.19. The summed E-state index contributed by atoms with van der Waals surface area (Å²) in [5.41, 5.74) is 1.64. The van der Waals surface area contributed by atoms with Crippen molar-refractivity contribution in [2.75, 3.05) is 6.54 Å². The molecule has 29 heavy (non-hydrogen) atoms. The number of alkyl carbamates (subject to hydrolysis) is 2. The molecule has 1 atom stereocenters. The quantitative estimate of drug-likeness (QED) is 0.588. The van der Waals surface area contributed by atoms with E-state index in [1.165, 1.54) is 0 Å². The smallest absolute Gasteiger partial charge is 0.407 e. The van der Waals surface area contributed by atoms with Gasteiger partial charge in [0.15, 0.2) is 0 Å². The number of carboxylic acids is 1. The molecule has 2 aromatic carbocycles. The fourth-order valence-corrected chi connectivity index (χ4v) is 2.43. The number of rotatable bonds is 10. The molecule has 0 unspecified atom stereocenters. The van der Waals surface area contributed by atoms with Gasteiger partial charge in [-0.2, -0.15) is 0 Å². The molecule has 2 amide bonds. The van der Waals surface area contributed by atoms with E-state index in [2.05, 4.69) is 10.6 Å². The number of amides is 2. The van der Waals surface area contributed by atoms with Crippen LogP contribution >= 0.6 is 0 Å². The van der Waals surface area contributed by atoms with Crippen LogP contribution in [0.4, 0.5) is 9.59 Å². The van der Waals surface area contributed by atoms with Crippen LogP contribution in [0.2, 0.25) is 0 Å². The first-order valence-electron chi connectivity index (χ1n) is 9.17. The Morgan fingerprint density at radius 3 is 1.86 bits per heavy atom. The van der Waals surface area contributed by atoms with Crippen LogP contribution in [0.5, 0.6) is 0 Å². The van der Waals surface area contributed by atoms with E-state index in [0.717, 1.165) is 11.1 Å². The van der Waals surface area contributed by atoms with Gasteiger partial charge in [0.25, 0.3) is 0 Å². The molecular formula is C21H23N2O6-. The summed E-state index contributed by atoms with van der Waals surface area (Å²) in [6.07, 6.45) is -1.08. The number of hydrogen-bond donors (Lipinski definition) is 2. The summed E-state index contributed by atoms with van der Waals surface area (Å²) < 4.78 is 10.0. The van der Waals surface area contributed by atoms with Gasteiger partial charge in [-0.25, -0.2) is 9.59 Å². The second-order valence-electron chi connectivity index (χ2n) is 6.21. The van der Waals surface area contributed by atoms with Crippen LogP contribution in [0.3, 0.4) is 0 Å². The lowest BCUT2D eigenvalue weighted by Crippen LogP contribution is -2.48. The molecule has 0 aliphatic carbocycles. The average molecular weight is 399 g/mol. The number of carbonyl (C=O) groups is 3. The van der Waals surface area contributed by atoms with Crippen molar-refractivity contribution < 1.29 is 29.0 Å². The lowest BCUT2D eigenvalue weighted by molar-refractivity contribution is -0.308. The molecule has 0 aromatic heterocycles. The molecule has 0 aliphatic heterocycles. The second kappa shape index (κ2) is 12.0. The maximum atomic E-state index is 11.8. The second-order valence-corrected chi connectivity index (χ2v) is 6.21. The highest BCUT2D eigenvalue weighted by Crippen LogP contribution is 2.03. The van der Waals surface area contributed by atoms with E-state index in [0.29, 0.717) is 6.42 Å². The molecule has 2 rings (SSSR count). The van der Waals surface area contributed by atoms with E-state index < -0.39 is 24.2 Å². The molecule has 0 radical (unpaired) electrons. The summed E-state index contributed by atoms with van der Waals surface area (Å²) >= 11 is 0. The van der Waals surface area contributed by atoms with E-state index in [-0.39, 0.29) is 26.2 Å². The summed E-state index contributed by atoms with van der Waals surface area (Å²) in [5, 5.41) is 16.0. The van der Waals surface area contributed by atoms with Crippen molar-refractivity contribution in [2.24, 2.45) is 0 Å². The lowest BCUT2D eigenvalue weighted by atomic mass is 10.1. The maximum Gasteiger partial charge on any atom is 0.407 e. The van der Waals surface area contributed by atoms with Crippen LogP contribution in [0, 0.1) is 0 Å². The van der Waals surface area contributed by atoms with Crippen LogP contribution in [0.15, 0.2) is 60.7 Å². The van der Waals surface area contributed by atoms with E-state index >= 15 is 0 Å². The monoisotopic (exact) mass is 399 g/mol. The Balaban J connectivity index is 1.63. The van der Waals surface area contributed by atoms with Crippen molar-refractivity contribution in [3.63, 3.8) is 0 Å². The Labute approximate surface area is 168 Å². The van der Waals surface area contributed by atoms with Gasteiger partial charge in [-0.1, -0.05) is 60.7 Å². The van der Waals surface area contributed by atoms with Gasteiger partial charge in [-0.05, 0) is 24.0 Å². The molecular weight excluding hydrogens is 376 g/mol. The summed E-state index contributed by atoms with van der Waals surface area (Å²) in [6, 6.07) is 17.0. The molecule has 0 fully saturated rings. The minimum atomic E-state index is -1.42. The molecule has 0 saturated heterocycles. The average Bonchev–Trinajstić information content (AvgIpc) is 2.74. The van der Waals surface area contributed by atoms with Gasteiger partial charge >= 0.3 is 12.2 Å². The van der Waals surface area contributed by atoms with Crippen LogP contribution in [-0.2, 0) is 27.5 Å². The number of nitrogens with one attached hydrogen (secondary N) is 2. The Morgan fingerprint density at radius 2 is 1.34 bits per heavy atom.